The fraction of sp³-hybridized carbons (Fsp3) is 0.400. The van der Waals surface area contributed by atoms with E-state index in [-0.39, 0.29) is 13.2 Å². The molecule has 0 aromatic heterocycles. The van der Waals surface area contributed by atoms with Crippen LogP contribution < -0.4 is 0 Å². The highest BCUT2D eigenvalue weighted by atomic mass is 35.5. The van der Waals surface area contributed by atoms with E-state index in [9.17, 15) is 10.2 Å². The highest BCUT2D eigenvalue weighted by Gasteiger charge is 2.46. The lowest BCUT2D eigenvalue weighted by Gasteiger charge is -2.29. The lowest BCUT2D eigenvalue weighted by molar-refractivity contribution is -0.249. The average molecular weight is 427 g/mol. The summed E-state index contributed by atoms with van der Waals surface area (Å²) >= 11 is 11.9. The normalized spacial score (nSPS) is 33.1. The van der Waals surface area contributed by atoms with Crippen molar-refractivity contribution in [3.05, 3.63) is 69.7 Å². The zero-order valence-electron chi connectivity index (χ0n) is 14.8. The van der Waals surface area contributed by atoms with E-state index in [4.69, 9.17) is 42.1 Å². The van der Waals surface area contributed by atoms with Gasteiger partial charge in [0.05, 0.1) is 13.2 Å². The third kappa shape index (κ3) is 4.20. The van der Waals surface area contributed by atoms with Gasteiger partial charge >= 0.3 is 0 Å². The Labute approximate surface area is 172 Å². The molecule has 0 spiro atoms. The number of aliphatic hydroxyl groups excluding tert-OH is 2. The zero-order chi connectivity index (χ0) is 19.7. The molecule has 0 amide bonds. The molecule has 2 bridgehead atoms. The Hall–Kier alpha value is -1.22. The van der Waals surface area contributed by atoms with Crippen LogP contribution in [0.15, 0.2) is 48.5 Å². The molecule has 28 heavy (non-hydrogen) atoms. The van der Waals surface area contributed by atoms with Gasteiger partial charge < -0.3 is 29.2 Å². The van der Waals surface area contributed by atoms with E-state index in [0.29, 0.717) is 10.0 Å². The molecular weight excluding hydrogens is 407 g/mol. The van der Waals surface area contributed by atoms with Crippen LogP contribution in [0.2, 0.25) is 10.0 Å². The van der Waals surface area contributed by atoms with Gasteiger partial charge in [0.15, 0.2) is 12.6 Å². The third-order valence-electron chi connectivity index (χ3n) is 4.84. The molecule has 0 aliphatic carbocycles. The van der Waals surface area contributed by atoms with Gasteiger partial charge in [0.1, 0.15) is 24.4 Å². The predicted octanol–water partition coefficient (Wildman–Crippen LogP) is 3.24. The molecule has 2 unspecified atom stereocenters. The van der Waals surface area contributed by atoms with Crippen LogP contribution in [0.4, 0.5) is 0 Å². The Morgan fingerprint density at radius 2 is 1.39 bits per heavy atom. The van der Waals surface area contributed by atoms with Crippen molar-refractivity contribution in [1.29, 1.82) is 0 Å². The van der Waals surface area contributed by atoms with Crippen molar-refractivity contribution >= 4 is 23.2 Å². The molecule has 0 radical (unpaired) electrons. The SMILES string of the molecule is OC[C@H]1OC(c2ccc(Cl)cc2)O[C@H]2COC(c3ccc(Cl)cc3)O[C@@H]1[C@H]2O. The van der Waals surface area contributed by atoms with Gasteiger partial charge in [0.2, 0.25) is 0 Å². The Morgan fingerprint density at radius 3 is 1.96 bits per heavy atom. The van der Waals surface area contributed by atoms with E-state index < -0.39 is 37.0 Å². The van der Waals surface area contributed by atoms with Crippen molar-refractivity contribution < 1.29 is 29.2 Å². The molecule has 2 aliphatic heterocycles. The second kappa shape index (κ2) is 8.65. The third-order valence-corrected chi connectivity index (χ3v) is 5.34. The summed E-state index contributed by atoms with van der Waals surface area (Å²) in [6, 6.07) is 14.0. The van der Waals surface area contributed by atoms with Gasteiger partial charge in [-0.15, -0.1) is 0 Å². The Balaban J connectivity index is 1.59. The smallest absolute Gasteiger partial charge is 0.184 e. The van der Waals surface area contributed by atoms with E-state index >= 15 is 0 Å². The lowest BCUT2D eigenvalue weighted by Crippen LogP contribution is -2.45. The molecule has 0 saturated carbocycles. The lowest BCUT2D eigenvalue weighted by atomic mass is 10.0. The standard InChI is InChI=1S/C20H20Cl2O6/c21-13-5-1-11(2-6-13)19-25-10-16-17(24)18(28-19)15(9-23)26-20(27-16)12-3-7-14(22)8-4-12/h1-8,15-20,23-24H,9-10H2/t15-,16+,17+,18+,19?,20?/m1/s1. The first-order valence-electron chi connectivity index (χ1n) is 8.93. The molecule has 2 aliphatic rings. The van der Waals surface area contributed by atoms with Gasteiger partial charge in [-0.1, -0.05) is 47.5 Å². The molecule has 2 saturated heterocycles. The van der Waals surface area contributed by atoms with E-state index in [2.05, 4.69) is 0 Å². The summed E-state index contributed by atoms with van der Waals surface area (Å²) in [4.78, 5) is 0. The van der Waals surface area contributed by atoms with E-state index in [0.717, 1.165) is 11.1 Å². The number of hydrogen-bond acceptors (Lipinski definition) is 6. The minimum absolute atomic E-state index is 0.0938. The van der Waals surface area contributed by atoms with Crippen LogP contribution in [0, 0.1) is 0 Å². The van der Waals surface area contributed by atoms with Crippen molar-refractivity contribution in [1.82, 2.24) is 0 Å². The number of rotatable bonds is 3. The summed E-state index contributed by atoms with van der Waals surface area (Å²) < 4.78 is 23.8. The Kier molecular flexibility index (Phi) is 6.20. The van der Waals surface area contributed by atoms with Crippen molar-refractivity contribution in [3.8, 4) is 0 Å². The largest absolute Gasteiger partial charge is 0.394 e. The topological polar surface area (TPSA) is 77.4 Å². The van der Waals surface area contributed by atoms with E-state index in [1.807, 2.05) is 0 Å². The summed E-state index contributed by atoms with van der Waals surface area (Å²) in [6.07, 6.45) is -4.91. The highest BCUT2D eigenvalue weighted by Crippen LogP contribution is 2.36. The highest BCUT2D eigenvalue weighted by molar-refractivity contribution is 6.30. The quantitative estimate of drug-likeness (QED) is 0.784. The summed E-state index contributed by atoms with van der Waals surface area (Å²) in [6.45, 7) is -0.258. The molecule has 2 aromatic rings. The molecule has 8 heteroatoms. The molecule has 2 heterocycles. The van der Waals surface area contributed by atoms with Crippen LogP contribution in [0.3, 0.4) is 0 Å². The molecule has 2 aromatic carbocycles. The van der Waals surface area contributed by atoms with Gasteiger partial charge in [0, 0.05) is 21.2 Å². The number of halogens is 2. The number of ether oxygens (including phenoxy) is 4. The van der Waals surface area contributed by atoms with Crippen LogP contribution >= 0.6 is 23.2 Å². The first-order chi connectivity index (χ1) is 13.5. The van der Waals surface area contributed by atoms with Crippen molar-refractivity contribution in [3.63, 3.8) is 0 Å². The number of fused-ring (bicyclic) bond motifs is 2. The molecular formula is C20H20Cl2O6. The maximum Gasteiger partial charge on any atom is 0.184 e. The second-order valence-corrected chi connectivity index (χ2v) is 7.60. The van der Waals surface area contributed by atoms with Crippen LogP contribution in [0.5, 0.6) is 0 Å². The van der Waals surface area contributed by atoms with E-state index in [1.54, 1.807) is 48.5 Å². The fourth-order valence-corrected chi connectivity index (χ4v) is 3.58. The summed E-state index contributed by atoms with van der Waals surface area (Å²) in [5.41, 5.74) is 1.46. The summed E-state index contributed by atoms with van der Waals surface area (Å²) in [5.74, 6) is 0. The van der Waals surface area contributed by atoms with Crippen molar-refractivity contribution in [2.45, 2.75) is 37.0 Å². The number of hydrogen-bond donors (Lipinski definition) is 2. The van der Waals surface area contributed by atoms with Crippen molar-refractivity contribution in [2.75, 3.05) is 13.2 Å². The van der Waals surface area contributed by atoms with Crippen molar-refractivity contribution in [2.24, 2.45) is 0 Å². The molecule has 150 valence electrons. The zero-order valence-corrected chi connectivity index (χ0v) is 16.3. The monoisotopic (exact) mass is 426 g/mol. The van der Waals surface area contributed by atoms with Gasteiger partial charge in [-0.25, -0.2) is 0 Å². The second-order valence-electron chi connectivity index (χ2n) is 6.72. The van der Waals surface area contributed by atoms with E-state index in [1.165, 1.54) is 0 Å². The molecule has 6 atom stereocenters. The predicted molar refractivity (Wildman–Crippen MR) is 102 cm³/mol. The Morgan fingerprint density at radius 1 is 0.821 bits per heavy atom. The number of aliphatic hydroxyl groups is 2. The van der Waals surface area contributed by atoms with Crippen LogP contribution in [0.25, 0.3) is 0 Å². The molecule has 2 N–H and O–H groups in total. The van der Waals surface area contributed by atoms with Gasteiger partial charge in [-0.05, 0) is 24.3 Å². The maximum atomic E-state index is 10.8. The molecule has 2 fully saturated rings. The number of benzene rings is 2. The molecule has 6 nitrogen and oxygen atoms in total. The first kappa shape index (κ1) is 20.1. The maximum absolute atomic E-state index is 10.8. The minimum atomic E-state index is -1.04. The first-order valence-corrected chi connectivity index (χ1v) is 9.68. The van der Waals surface area contributed by atoms with Gasteiger partial charge in [-0.3, -0.25) is 0 Å². The molecule has 4 rings (SSSR count). The van der Waals surface area contributed by atoms with Crippen LogP contribution in [0.1, 0.15) is 23.7 Å². The Bertz CT molecular complexity index is 782. The summed E-state index contributed by atoms with van der Waals surface area (Å²) in [7, 11) is 0. The van der Waals surface area contributed by atoms with Gasteiger partial charge in [0.25, 0.3) is 0 Å². The average Bonchev–Trinajstić information content (AvgIpc) is 2.94. The summed E-state index contributed by atoms with van der Waals surface area (Å²) in [5, 5.41) is 21.9. The van der Waals surface area contributed by atoms with Gasteiger partial charge in [-0.2, -0.15) is 0 Å². The van der Waals surface area contributed by atoms with Crippen LogP contribution in [-0.2, 0) is 18.9 Å². The van der Waals surface area contributed by atoms with Crippen LogP contribution in [-0.4, -0.2) is 47.8 Å². The fourth-order valence-electron chi connectivity index (χ4n) is 3.33. The minimum Gasteiger partial charge on any atom is -0.394 e.